The predicted molar refractivity (Wildman–Crippen MR) is 75.7 cm³/mol. The Morgan fingerprint density at radius 3 is 2.89 bits per heavy atom. The summed E-state index contributed by atoms with van der Waals surface area (Å²) in [5, 5.41) is 3.07. The van der Waals surface area contributed by atoms with E-state index >= 15 is 0 Å². The third-order valence-electron chi connectivity index (χ3n) is 3.58. The van der Waals surface area contributed by atoms with Gasteiger partial charge in [0.05, 0.1) is 11.3 Å². The van der Waals surface area contributed by atoms with Gasteiger partial charge in [-0.1, -0.05) is 19.8 Å². The minimum absolute atomic E-state index is 0.104. The molecule has 5 nitrogen and oxygen atoms in total. The van der Waals surface area contributed by atoms with Crippen LogP contribution in [-0.4, -0.2) is 16.9 Å². The molecule has 1 amide bonds. The molecule has 1 saturated carbocycles. The maximum Gasteiger partial charge on any atom is 0.255 e. The van der Waals surface area contributed by atoms with Crippen LogP contribution in [0.15, 0.2) is 12.3 Å². The number of anilines is 1. The standard InChI is InChI=1S/C14H22N4O/c1-3-11(7-10-4-5-10)17-14(19)12-8-16-9(2)6-13(12)18-15/h6,8,10-11H,3-5,7,15H2,1-2H3,(H,16,18)(H,17,19). The second-order valence-electron chi connectivity index (χ2n) is 5.27. The Morgan fingerprint density at radius 1 is 1.58 bits per heavy atom. The van der Waals surface area contributed by atoms with Gasteiger partial charge in [0.2, 0.25) is 0 Å². The Balaban J connectivity index is 2.05. The lowest BCUT2D eigenvalue weighted by molar-refractivity contribution is 0.0933. The summed E-state index contributed by atoms with van der Waals surface area (Å²) >= 11 is 0. The van der Waals surface area contributed by atoms with Gasteiger partial charge in [-0.25, -0.2) is 0 Å². The summed E-state index contributed by atoms with van der Waals surface area (Å²) < 4.78 is 0. The average molecular weight is 262 g/mol. The predicted octanol–water partition coefficient (Wildman–Crippen LogP) is 1.98. The number of hydrazine groups is 1. The van der Waals surface area contributed by atoms with E-state index in [1.807, 2.05) is 6.92 Å². The van der Waals surface area contributed by atoms with Gasteiger partial charge in [0.25, 0.3) is 5.91 Å². The molecule has 1 aliphatic carbocycles. The lowest BCUT2D eigenvalue weighted by Crippen LogP contribution is -2.35. The first kappa shape index (κ1) is 13.8. The number of nitrogen functional groups attached to an aromatic ring is 1. The van der Waals surface area contributed by atoms with E-state index in [0.29, 0.717) is 11.3 Å². The summed E-state index contributed by atoms with van der Waals surface area (Å²) in [6.45, 7) is 3.97. The molecule has 1 fully saturated rings. The van der Waals surface area contributed by atoms with Crippen molar-refractivity contribution in [3.05, 3.63) is 23.5 Å². The molecule has 1 heterocycles. The summed E-state index contributed by atoms with van der Waals surface area (Å²) in [6, 6.07) is 2.02. The van der Waals surface area contributed by atoms with Gasteiger partial charge in [-0.3, -0.25) is 15.6 Å². The van der Waals surface area contributed by atoms with Crippen LogP contribution in [0.1, 0.15) is 48.7 Å². The minimum atomic E-state index is -0.104. The number of hydrogen-bond donors (Lipinski definition) is 3. The summed E-state index contributed by atoms with van der Waals surface area (Å²) in [4.78, 5) is 16.4. The van der Waals surface area contributed by atoms with Crippen molar-refractivity contribution in [1.82, 2.24) is 10.3 Å². The summed E-state index contributed by atoms with van der Waals surface area (Å²) in [5.41, 5.74) is 4.51. The third kappa shape index (κ3) is 3.67. The fraction of sp³-hybridized carbons (Fsp3) is 0.571. The Labute approximate surface area is 114 Å². The second kappa shape index (κ2) is 6.02. The zero-order valence-corrected chi connectivity index (χ0v) is 11.6. The number of nitrogens with two attached hydrogens (primary N) is 1. The van der Waals surface area contributed by atoms with Crippen molar-refractivity contribution in [2.45, 2.75) is 45.6 Å². The molecule has 104 valence electrons. The molecule has 0 spiro atoms. The molecular formula is C14H22N4O. The van der Waals surface area contributed by atoms with Gasteiger partial charge in [0.15, 0.2) is 0 Å². The molecule has 0 radical (unpaired) electrons. The van der Waals surface area contributed by atoms with Crippen LogP contribution in [0, 0.1) is 12.8 Å². The van der Waals surface area contributed by atoms with Crippen molar-refractivity contribution in [2.24, 2.45) is 11.8 Å². The number of rotatable bonds is 6. The van der Waals surface area contributed by atoms with E-state index in [9.17, 15) is 4.79 Å². The van der Waals surface area contributed by atoms with Gasteiger partial charge in [0, 0.05) is 17.9 Å². The maximum absolute atomic E-state index is 12.3. The SMILES string of the molecule is CCC(CC1CC1)NC(=O)c1cnc(C)cc1NN. The van der Waals surface area contributed by atoms with Gasteiger partial charge in [0.1, 0.15) is 0 Å². The van der Waals surface area contributed by atoms with Crippen molar-refractivity contribution < 1.29 is 4.79 Å². The van der Waals surface area contributed by atoms with Crippen LogP contribution in [0.4, 0.5) is 5.69 Å². The molecule has 1 aromatic heterocycles. The Bertz CT molecular complexity index is 457. The number of aromatic nitrogens is 1. The molecule has 0 saturated heterocycles. The largest absolute Gasteiger partial charge is 0.349 e. The molecule has 1 atom stereocenters. The number of carbonyl (C=O) groups is 1. The van der Waals surface area contributed by atoms with E-state index in [4.69, 9.17) is 5.84 Å². The first-order valence-electron chi connectivity index (χ1n) is 6.88. The number of carbonyl (C=O) groups excluding carboxylic acids is 1. The summed E-state index contributed by atoms with van der Waals surface area (Å²) in [7, 11) is 0. The average Bonchev–Trinajstić information content (AvgIpc) is 3.21. The number of amides is 1. The summed E-state index contributed by atoms with van der Waals surface area (Å²) in [6.07, 6.45) is 6.20. The van der Waals surface area contributed by atoms with E-state index < -0.39 is 0 Å². The number of hydrogen-bond acceptors (Lipinski definition) is 4. The minimum Gasteiger partial charge on any atom is -0.349 e. The molecular weight excluding hydrogens is 240 g/mol. The lowest BCUT2D eigenvalue weighted by atomic mass is 10.1. The molecule has 1 unspecified atom stereocenters. The van der Waals surface area contributed by atoms with E-state index in [-0.39, 0.29) is 11.9 Å². The highest BCUT2D eigenvalue weighted by Gasteiger charge is 2.26. The first-order valence-corrected chi connectivity index (χ1v) is 6.88. The molecule has 19 heavy (non-hydrogen) atoms. The van der Waals surface area contributed by atoms with Crippen LogP contribution in [0.3, 0.4) is 0 Å². The van der Waals surface area contributed by atoms with Crippen molar-refractivity contribution in [2.75, 3.05) is 5.43 Å². The Hall–Kier alpha value is -1.62. The molecule has 1 aromatic rings. The van der Waals surface area contributed by atoms with E-state index in [1.165, 1.54) is 12.8 Å². The maximum atomic E-state index is 12.3. The van der Waals surface area contributed by atoms with Crippen LogP contribution in [0.5, 0.6) is 0 Å². The van der Waals surface area contributed by atoms with Crippen LogP contribution in [-0.2, 0) is 0 Å². The molecule has 1 aliphatic rings. The van der Waals surface area contributed by atoms with E-state index in [1.54, 1.807) is 12.3 Å². The molecule has 0 bridgehead atoms. The monoisotopic (exact) mass is 262 g/mol. The van der Waals surface area contributed by atoms with Crippen molar-refractivity contribution in [1.29, 1.82) is 0 Å². The third-order valence-corrected chi connectivity index (χ3v) is 3.58. The van der Waals surface area contributed by atoms with E-state index in [0.717, 1.165) is 24.5 Å². The van der Waals surface area contributed by atoms with Gasteiger partial charge >= 0.3 is 0 Å². The van der Waals surface area contributed by atoms with Gasteiger partial charge in [-0.2, -0.15) is 0 Å². The number of pyridine rings is 1. The number of nitrogens with one attached hydrogen (secondary N) is 2. The zero-order chi connectivity index (χ0) is 13.8. The summed E-state index contributed by atoms with van der Waals surface area (Å²) in [5.74, 6) is 6.15. The molecule has 0 aliphatic heterocycles. The molecule has 0 aromatic carbocycles. The van der Waals surface area contributed by atoms with E-state index in [2.05, 4.69) is 22.7 Å². The number of aryl methyl sites for hydroxylation is 1. The van der Waals surface area contributed by atoms with Crippen molar-refractivity contribution in [3.8, 4) is 0 Å². The fourth-order valence-electron chi connectivity index (χ4n) is 2.21. The number of nitrogens with zero attached hydrogens (tertiary/aromatic N) is 1. The van der Waals surface area contributed by atoms with Gasteiger partial charge < -0.3 is 10.7 Å². The highest BCUT2D eigenvalue weighted by atomic mass is 16.1. The van der Waals surface area contributed by atoms with Crippen LogP contribution >= 0.6 is 0 Å². The lowest BCUT2D eigenvalue weighted by Gasteiger charge is -2.17. The van der Waals surface area contributed by atoms with Gasteiger partial charge in [-0.15, -0.1) is 0 Å². The van der Waals surface area contributed by atoms with Crippen LogP contribution < -0.4 is 16.6 Å². The Kier molecular flexibility index (Phi) is 4.37. The molecule has 4 N–H and O–H groups in total. The molecule has 5 heteroatoms. The smallest absolute Gasteiger partial charge is 0.255 e. The Morgan fingerprint density at radius 2 is 2.32 bits per heavy atom. The zero-order valence-electron chi connectivity index (χ0n) is 11.6. The highest BCUT2D eigenvalue weighted by molar-refractivity contribution is 5.99. The normalized spacial score (nSPS) is 15.9. The van der Waals surface area contributed by atoms with Crippen molar-refractivity contribution in [3.63, 3.8) is 0 Å². The van der Waals surface area contributed by atoms with Crippen molar-refractivity contribution >= 4 is 11.6 Å². The van der Waals surface area contributed by atoms with Crippen LogP contribution in [0.2, 0.25) is 0 Å². The second-order valence-corrected chi connectivity index (χ2v) is 5.27. The topological polar surface area (TPSA) is 80.0 Å². The first-order chi connectivity index (χ1) is 9.13. The van der Waals surface area contributed by atoms with Gasteiger partial charge in [-0.05, 0) is 31.7 Å². The molecule has 2 rings (SSSR count). The van der Waals surface area contributed by atoms with Crippen LogP contribution in [0.25, 0.3) is 0 Å². The highest BCUT2D eigenvalue weighted by Crippen LogP contribution is 2.34. The quantitative estimate of drug-likeness (QED) is 0.541. The fourth-order valence-corrected chi connectivity index (χ4v) is 2.21.